The van der Waals surface area contributed by atoms with Crippen molar-refractivity contribution in [2.75, 3.05) is 0 Å². The van der Waals surface area contributed by atoms with Crippen LogP contribution in [0.2, 0.25) is 0 Å². The van der Waals surface area contributed by atoms with Gasteiger partial charge in [-0.25, -0.2) is 9.59 Å². The number of benzene rings is 2. The van der Waals surface area contributed by atoms with Crippen LogP contribution in [0.25, 0.3) is 0 Å². The van der Waals surface area contributed by atoms with Crippen LogP contribution in [0.5, 0.6) is 0 Å². The Morgan fingerprint density at radius 3 is 1.79 bits per heavy atom. The first-order valence-corrected chi connectivity index (χ1v) is 14.0. The molecular weight excluding hydrogens is 484 g/mol. The summed E-state index contributed by atoms with van der Waals surface area (Å²) in [5.41, 5.74) is 3.18. The molecule has 0 aromatic heterocycles. The van der Waals surface area contributed by atoms with Gasteiger partial charge in [0.05, 0.1) is 11.1 Å². The van der Waals surface area contributed by atoms with Crippen molar-refractivity contribution in [3.8, 4) is 0 Å². The number of carbonyl (C=O) groups is 2. The molecule has 1 atom stereocenters. The molecule has 0 amide bonds. The van der Waals surface area contributed by atoms with Crippen molar-refractivity contribution in [3.63, 3.8) is 0 Å². The maximum atomic E-state index is 13.6. The molecule has 4 heteroatoms. The Kier molecular flexibility index (Phi) is 10.1. The summed E-state index contributed by atoms with van der Waals surface area (Å²) in [5.74, 6) is -0.987. The molecule has 1 unspecified atom stereocenters. The van der Waals surface area contributed by atoms with E-state index in [1.807, 2.05) is 65.8 Å². The van der Waals surface area contributed by atoms with Crippen LogP contribution < -0.4 is 0 Å². The molecular formula is C35H44O4. The second-order valence-electron chi connectivity index (χ2n) is 12.3. The van der Waals surface area contributed by atoms with Crippen LogP contribution in [0.3, 0.4) is 0 Å². The Hall–Kier alpha value is -3.40. The van der Waals surface area contributed by atoms with Crippen molar-refractivity contribution < 1.29 is 19.1 Å². The lowest BCUT2D eigenvalue weighted by molar-refractivity contribution is -0.153. The van der Waals surface area contributed by atoms with Gasteiger partial charge in [0.25, 0.3) is 0 Å². The van der Waals surface area contributed by atoms with Gasteiger partial charge in [-0.2, -0.15) is 0 Å². The van der Waals surface area contributed by atoms with Crippen LogP contribution >= 0.6 is 0 Å². The molecule has 0 radical (unpaired) electrons. The minimum Gasteiger partial charge on any atom is -0.456 e. The van der Waals surface area contributed by atoms with Crippen molar-refractivity contribution in [2.24, 2.45) is 5.92 Å². The highest BCUT2D eigenvalue weighted by Crippen LogP contribution is 2.42. The predicted octanol–water partition coefficient (Wildman–Crippen LogP) is 8.12. The number of carbonyl (C=O) groups excluding carboxylic acids is 2. The largest absolute Gasteiger partial charge is 0.456 e. The molecule has 2 aromatic rings. The molecule has 0 spiro atoms. The zero-order valence-corrected chi connectivity index (χ0v) is 24.5. The van der Waals surface area contributed by atoms with Crippen molar-refractivity contribution >= 4 is 11.9 Å². The summed E-state index contributed by atoms with van der Waals surface area (Å²) in [5, 5.41) is 0. The van der Waals surface area contributed by atoms with Gasteiger partial charge < -0.3 is 9.47 Å². The van der Waals surface area contributed by atoms with Gasteiger partial charge in [0.1, 0.15) is 11.2 Å². The third-order valence-electron chi connectivity index (χ3n) is 6.58. The second-order valence-corrected chi connectivity index (χ2v) is 12.3. The van der Waals surface area contributed by atoms with Gasteiger partial charge in [-0.05, 0) is 108 Å². The van der Waals surface area contributed by atoms with Crippen LogP contribution in [-0.2, 0) is 31.9 Å². The molecule has 0 N–H and O–H groups in total. The maximum absolute atomic E-state index is 13.6. The molecule has 0 saturated carbocycles. The monoisotopic (exact) mass is 528 g/mol. The number of allylic oxidation sites excluding steroid dienone is 1. The number of ether oxygens (including phenoxy) is 2. The Balaban J connectivity index is 1.98. The standard InChI is InChI=1S/C35H44O4/c1-25-28(22-14-20-26-16-10-8-11-17-26)24-29(23-15-21-27-18-12-9-13-19-27)31(33(37)39-35(5,6)7)30(25)32(36)38-34(2,3)4/h8-13,16-19,23,28H,1,14-15,20-22,24H2,2-7H3/b29-23+. The van der Waals surface area contributed by atoms with E-state index in [1.165, 1.54) is 11.1 Å². The van der Waals surface area contributed by atoms with Crippen LogP contribution in [0.1, 0.15) is 78.4 Å². The van der Waals surface area contributed by atoms with E-state index in [4.69, 9.17) is 9.47 Å². The quantitative estimate of drug-likeness (QED) is 0.308. The van der Waals surface area contributed by atoms with E-state index >= 15 is 0 Å². The first-order valence-electron chi connectivity index (χ1n) is 14.0. The van der Waals surface area contributed by atoms with Crippen molar-refractivity contribution in [3.05, 3.63) is 107 Å². The van der Waals surface area contributed by atoms with E-state index in [1.54, 1.807) is 0 Å². The molecule has 208 valence electrons. The van der Waals surface area contributed by atoms with E-state index < -0.39 is 23.1 Å². The van der Waals surface area contributed by atoms with Crippen LogP contribution in [-0.4, -0.2) is 23.1 Å². The molecule has 0 bridgehead atoms. The number of esters is 2. The SMILES string of the molecule is C=C1C(C(=O)OC(C)(C)C)=C(C(=O)OC(C)(C)C)/C(=C/CCc2ccccc2)CC1CCCc1ccccc1. The molecule has 39 heavy (non-hydrogen) atoms. The normalized spacial score (nSPS) is 17.3. The highest BCUT2D eigenvalue weighted by Gasteiger charge is 2.38. The topological polar surface area (TPSA) is 52.6 Å². The Labute approximate surface area is 234 Å². The number of hydrogen-bond donors (Lipinski definition) is 0. The average molecular weight is 529 g/mol. The van der Waals surface area contributed by atoms with Gasteiger partial charge in [0, 0.05) is 0 Å². The summed E-state index contributed by atoms with van der Waals surface area (Å²) in [6.07, 6.45) is 7.09. The lowest BCUT2D eigenvalue weighted by Crippen LogP contribution is -2.33. The molecule has 1 aliphatic rings. The molecule has 0 fully saturated rings. The van der Waals surface area contributed by atoms with E-state index in [2.05, 4.69) is 49.1 Å². The number of hydrogen-bond acceptors (Lipinski definition) is 4. The van der Waals surface area contributed by atoms with Crippen molar-refractivity contribution in [1.29, 1.82) is 0 Å². The molecule has 3 rings (SSSR count). The Bertz CT molecular complexity index is 1200. The fourth-order valence-electron chi connectivity index (χ4n) is 4.86. The third kappa shape index (κ3) is 9.38. The summed E-state index contributed by atoms with van der Waals surface area (Å²) in [6.45, 7) is 15.4. The summed E-state index contributed by atoms with van der Waals surface area (Å²) in [7, 11) is 0. The predicted molar refractivity (Wildman–Crippen MR) is 158 cm³/mol. The van der Waals surface area contributed by atoms with E-state index in [9.17, 15) is 9.59 Å². The Morgan fingerprint density at radius 2 is 1.28 bits per heavy atom. The fraction of sp³-hybridized carbons (Fsp3) is 0.429. The summed E-state index contributed by atoms with van der Waals surface area (Å²) >= 11 is 0. The summed E-state index contributed by atoms with van der Waals surface area (Å²) < 4.78 is 11.6. The van der Waals surface area contributed by atoms with Gasteiger partial charge in [-0.15, -0.1) is 0 Å². The lowest BCUT2D eigenvalue weighted by atomic mass is 9.74. The minimum atomic E-state index is -0.707. The van der Waals surface area contributed by atoms with Crippen molar-refractivity contribution in [2.45, 2.75) is 91.3 Å². The van der Waals surface area contributed by atoms with Crippen LogP contribution in [0.15, 0.2) is 95.6 Å². The first kappa shape index (κ1) is 30.1. The average Bonchev–Trinajstić information content (AvgIpc) is 2.84. The third-order valence-corrected chi connectivity index (χ3v) is 6.58. The van der Waals surface area contributed by atoms with E-state index in [0.29, 0.717) is 17.6 Å². The summed E-state index contributed by atoms with van der Waals surface area (Å²) in [4.78, 5) is 27.2. The van der Waals surface area contributed by atoms with E-state index in [-0.39, 0.29) is 11.5 Å². The number of aryl methyl sites for hydroxylation is 2. The molecule has 1 aliphatic carbocycles. The van der Waals surface area contributed by atoms with Gasteiger partial charge >= 0.3 is 11.9 Å². The van der Waals surface area contributed by atoms with Gasteiger partial charge in [0.2, 0.25) is 0 Å². The smallest absolute Gasteiger partial charge is 0.339 e. The van der Waals surface area contributed by atoms with Gasteiger partial charge in [0.15, 0.2) is 0 Å². The van der Waals surface area contributed by atoms with Gasteiger partial charge in [-0.3, -0.25) is 0 Å². The first-order chi connectivity index (χ1) is 18.3. The zero-order chi connectivity index (χ0) is 28.6. The highest BCUT2D eigenvalue weighted by molar-refractivity contribution is 6.07. The summed E-state index contributed by atoms with van der Waals surface area (Å²) in [6, 6.07) is 20.7. The Morgan fingerprint density at radius 1 is 0.795 bits per heavy atom. The lowest BCUT2D eigenvalue weighted by Gasteiger charge is -2.33. The van der Waals surface area contributed by atoms with Crippen LogP contribution in [0, 0.1) is 5.92 Å². The van der Waals surface area contributed by atoms with Gasteiger partial charge in [-0.1, -0.05) is 73.3 Å². The molecule has 2 aromatic carbocycles. The molecule has 4 nitrogen and oxygen atoms in total. The molecule has 0 saturated heterocycles. The molecule has 0 heterocycles. The van der Waals surface area contributed by atoms with Crippen molar-refractivity contribution in [1.82, 2.24) is 0 Å². The highest BCUT2D eigenvalue weighted by atomic mass is 16.6. The van der Waals surface area contributed by atoms with Crippen LogP contribution in [0.4, 0.5) is 0 Å². The molecule has 0 aliphatic heterocycles. The fourth-order valence-corrected chi connectivity index (χ4v) is 4.86. The maximum Gasteiger partial charge on any atom is 0.339 e. The second kappa shape index (κ2) is 13.1. The van der Waals surface area contributed by atoms with E-state index in [0.717, 1.165) is 37.7 Å². The zero-order valence-electron chi connectivity index (χ0n) is 24.5. The minimum absolute atomic E-state index is 0.0328. The number of rotatable bonds is 9.